The van der Waals surface area contributed by atoms with Crippen LogP contribution >= 0.6 is 0 Å². The molecular weight excluding hydrogens is 202 g/mol. The van der Waals surface area contributed by atoms with E-state index < -0.39 is 20.5 Å². The Kier molecular flexibility index (Phi) is 2.95. The van der Waals surface area contributed by atoms with Gasteiger partial charge in [0.1, 0.15) is 11.7 Å². The predicted octanol–water partition coefficient (Wildman–Crippen LogP) is 0.682. The molecule has 0 spiro atoms. The third kappa shape index (κ3) is 1.80. The zero-order chi connectivity index (χ0) is 10.8. The molecule has 1 saturated carbocycles. The van der Waals surface area contributed by atoms with Crippen LogP contribution < -0.4 is 0 Å². The number of carbonyl (C=O) groups excluding carboxylic acids is 1. The number of aldehydes is 1. The summed E-state index contributed by atoms with van der Waals surface area (Å²) < 4.78 is 23.0. The molecule has 0 heterocycles. The summed E-state index contributed by atoms with van der Waals surface area (Å²) in [5.41, 5.74) is -1.05. The Hall–Kier alpha value is -0.890. The average Bonchev–Trinajstić information content (AvgIpc) is 2.63. The second-order valence-electron chi connectivity index (χ2n) is 3.70. The third-order valence-electron chi connectivity index (χ3n) is 2.86. The minimum absolute atomic E-state index is 0.0814. The summed E-state index contributed by atoms with van der Waals surface area (Å²) in [7, 11) is -3.10. The van der Waals surface area contributed by atoms with Crippen LogP contribution in [0, 0.1) is 16.7 Å². The number of sulfone groups is 1. The van der Waals surface area contributed by atoms with E-state index in [2.05, 4.69) is 0 Å². The second kappa shape index (κ2) is 3.70. The number of hydrogen-bond acceptors (Lipinski definition) is 4. The summed E-state index contributed by atoms with van der Waals surface area (Å²) in [5.74, 6) is 0.0814. The summed E-state index contributed by atoms with van der Waals surface area (Å²) in [6.07, 6.45) is 1.57. The molecule has 1 aliphatic carbocycles. The molecule has 4 nitrogen and oxygen atoms in total. The Morgan fingerprint density at radius 2 is 2.29 bits per heavy atom. The topological polar surface area (TPSA) is 75.0 Å². The monoisotopic (exact) mass is 215 g/mol. The zero-order valence-corrected chi connectivity index (χ0v) is 8.88. The molecule has 0 N–H and O–H groups in total. The summed E-state index contributed by atoms with van der Waals surface area (Å²) in [6.45, 7) is 1.59. The molecule has 0 amide bonds. The fourth-order valence-corrected chi connectivity index (χ4v) is 3.31. The van der Waals surface area contributed by atoms with Crippen molar-refractivity contribution >= 4 is 16.1 Å². The van der Waals surface area contributed by atoms with Crippen LogP contribution in [0.4, 0.5) is 0 Å². The van der Waals surface area contributed by atoms with Gasteiger partial charge in [0.05, 0.1) is 11.3 Å². The molecule has 1 rings (SSSR count). The van der Waals surface area contributed by atoms with Gasteiger partial charge in [-0.3, -0.25) is 0 Å². The summed E-state index contributed by atoms with van der Waals surface area (Å²) >= 11 is 0. The van der Waals surface area contributed by atoms with Gasteiger partial charge >= 0.3 is 0 Å². The van der Waals surface area contributed by atoms with Crippen LogP contribution in [0.15, 0.2) is 0 Å². The van der Waals surface area contributed by atoms with Crippen molar-refractivity contribution in [3.8, 4) is 6.07 Å². The molecule has 14 heavy (non-hydrogen) atoms. The number of carbonyl (C=O) groups is 1. The minimum Gasteiger partial charge on any atom is -0.302 e. The molecule has 2 atom stereocenters. The van der Waals surface area contributed by atoms with Gasteiger partial charge in [-0.25, -0.2) is 8.42 Å². The maximum Gasteiger partial charge on any atom is 0.152 e. The normalized spacial score (nSPS) is 32.4. The van der Waals surface area contributed by atoms with Gasteiger partial charge in [-0.15, -0.1) is 0 Å². The fourth-order valence-electron chi connectivity index (χ4n) is 1.81. The Morgan fingerprint density at radius 1 is 1.64 bits per heavy atom. The van der Waals surface area contributed by atoms with Crippen LogP contribution in [0.25, 0.3) is 0 Å². The van der Waals surface area contributed by atoms with Gasteiger partial charge in [0.2, 0.25) is 0 Å². The molecule has 5 heteroatoms. The van der Waals surface area contributed by atoms with Crippen LogP contribution in [-0.2, 0) is 14.6 Å². The van der Waals surface area contributed by atoms with Gasteiger partial charge < -0.3 is 4.79 Å². The number of rotatable bonds is 3. The largest absolute Gasteiger partial charge is 0.302 e. The third-order valence-corrected chi connectivity index (χ3v) is 5.09. The molecule has 0 bridgehead atoms. The maximum absolute atomic E-state index is 11.5. The first-order valence-corrected chi connectivity index (χ1v) is 6.30. The average molecular weight is 215 g/mol. The van der Waals surface area contributed by atoms with Crippen LogP contribution in [0.5, 0.6) is 0 Å². The van der Waals surface area contributed by atoms with E-state index in [-0.39, 0.29) is 12.2 Å². The molecule has 0 aliphatic heterocycles. The van der Waals surface area contributed by atoms with E-state index in [9.17, 15) is 13.2 Å². The highest BCUT2D eigenvalue weighted by Gasteiger charge is 2.44. The van der Waals surface area contributed by atoms with Gasteiger partial charge in [-0.05, 0) is 19.3 Å². The summed E-state index contributed by atoms with van der Waals surface area (Å²) in [6, 6.07) is 1.92. The molecule has 0 saturated heterocycles. The molecular formula is C9H13NO3S. The predicted molar refractivity (Wildman–Crippen MR) is 51.2 cm³/mol. The van der Waals surface area contributed by atoms with Gasteiger partial charge in [0.25, 0.3) is 0 Å². The first kappa shape index (κ1) is 11.2. The quantitative estimate of drug-likeness (QED) is 0.649. The molecule has 0 aromatic rings. The Balaban J connectivity index is 2.86. The standard InChI is InChI=1S/C9H13NO3S/c1-2-14(12,13)8-3-4-9(5-8,6-10)7-11/h7-8H,2-5H2,1H3/t8-,9-/m1/s1. The molecule has 1 fully saturated rings. The van der Waals surface area contributed by atoms with Crippen molar-refractivity contribution in [1.29, 1.82) is 5.26 Å². The molecule has 0 aromatic heterocycles. The Morgan fingerprint density at radius 3 is 2.64 bits per heavy atom. The van der Waals surface area contributed by atoms with Crippen LogP contribution in [0.1, 0.15) is 26.2 Å². The summed E-state index contributed by atoms with van der Waals surface area (Å²) in [5, 5.41) is 8.29. The first-order valence-electron chi connectivity index (χ1n) is 4.59. The zero-order valence-electron chi connectivity index (χ0n) is 8.06. The molecule has 0 unspecified atom stereocenters. The molecule has 1 aliphatic rings. The van der Waals surface area contributed by atoms with Crippen molar-refractivity contribution in [2.45, 2.75) is 31.4 Å². The van der Waals surface area contributed by atoms with Crippen molar-refractivity contribution in [1.82, 2.24) is 0 Å². The van der Waals surface area contributed by atoms with E-state index in [0.29, 0.717) is 19.1 Å². The lowest BCUT2D eigenvalue weighted by Gasteiger charge is -2.12. The SMILES string of the molecule is CCS(=O)(=O)[C@@H]1CC[C@@](C#N)(C=O)C1. The van der Waals surface area contributed by atoms with Crippen molar-refractivity contribution in [3.05, 3.63) is 0 Å². The smallest absolute Gasteiger partial charge is 0.152 e. The lowest BCUT2D eigenvalue weighted by atomic mass is 9.90. The lowest BCUT2D eigenvalue weighted by Crippen LogP contribution is -2.23. The Bertz CT molecular complexity index is 368. The van der Waals surface area contributed by atoms with E-state index in [1.54, 1.807) is 6.92 Å². The van der Waals surface area contributed by atoms with Crippen molar-refractivity contribution in [2.75, 3.05) is 5.75 Å². The van der Waals surface area contributed by atoms with Gasteiger partial charge in [0.15, 0.2) is 9.84 Å². The lowest BCUT2D eigenvalue weighted by molar-refractivity contribution is -0.113. The summed E-state index contributed by atoms with van der Waals surface area (Å²) in [4.78, 5) is 10.7. The van der Waals surface area contributed by atoms with E-state index >= 15 is 0 Å². The molecule has 0 radical (unpaired) electrons. The van der Waals surface area contributed by atoms with E-state index in [0.717, 1.165) is 0 Å². The minimum atomic E-state index is -3.10. The van der Waals surface area contributed by atoms with E-state index in [4.69, 9.17) is 5.26 Å². The van der Waals surface area contributed by atoms with Crippen molar-refractivity contribution < 1.29 is 13.2 Å². The second-order valence-corrected chi connectivity index (χ2v) is 6.27. The highest BCUT2D eigenvalue weighted by atomic mass is 32.2. The van der Waals surface area contributed by atoms with Crippen LogP contribution in [0.3, 0.4) is 0 Å². The van der Waals surface area contributed by atoms with Gasteiger partial charge in [-0.1, -0.05) is 6.92 Å². The number of nitrogens with zero attached hydrogens (tertiary/aromatic N) is 1. The van der Waals surface area contributed by atoms with Crippen LogP contribution in [0.2, 0.25) is 0 Å². The molecule has 0 aromatic carbocycles. The van der Waals surface area contributed by atoms with Gasteiger partial charge in [0, 0.05) is 5.75 Å². The fraction of sp³-hybridized carbons (Fsp3) is 0.778. The van der Waals surface area contributed by atoms with Crippen molar-refractivity contribution in [2.24, 2.45) is 5.41 Å². The van der Waals surface area contributed by atoms with Gasteiger partial charge in [-0.2, -0.15) is 5.26 Å². The maximum atomic E-state index is 11.5. The first-order chi connectivity index (χ1) is 6.49. The van der Waals surface area contributed by atoms with Crippen molar-refractivity contribution in [3.63, 3.8) is 0 Å². The highest BCUT2D eigenvalue weighted by molar-refractivity contribution is 7.92. The Labute approximate surface area is 83.8 Å². The van der Waals surface area contributed by atoms with E-state index in [1.165, 1.54) is 0 Å². The highest BCUT2D eigenvalue weighted by Crippen LogP contribution is 2.39. The molecule has 78 valence electrons. The van der Waals surface area contributed by atoms with Crippen LogP contribution in [-0.4, -0.2) is 25.7 Å². The number of nitriles is 1. The van der Waals surface area contributed by atoms with E-state index in [1.807, 2.05) is 6.07 Å². The number of hydrogen-bond donors (Lipinski definition) is 0.